The van der Waals surface area contributed by atoms with Crippen molar-refractivity contribution in [3.05, 3.63) is 35.9 Å². The number of aliphatic imine (C=N–C) groups is 1. The van der Waals surface area contributed by atoms with Gasteiger partial charge in [0.05, 0.1) is 0 Å². The Hall–Kier alpha value is -1.84. The van der Waals surface area contributed by atoms with Crippen LogP contribution in [-0.4, -0.2) is 11.9 Å². The van der Waals surface area contributed by atoms with E-state index >= 15 is 0 Å². The summed E-state index contributed by atoms with van der Waals surface area (Å²) in [7, 11) is 0. The largest absolute Gasteiger partial charge is 0.370 e. The van der Waals surface area contributed by atoms with Crippen molar-refractivity contribution in [2.75, 3.05) is 0 Å². The van der Waals surface area contributed by atoms with E-state index in [4.69, 9.17) is 5.73 Å². The molecule has 1 atom stereocenters. The van der Waals surface area contributed by atoms with Crippen molar-refractivity contribution in [1.29, 1.82) is 0 Å². The van der Waals surface area contributed by atoms with Gasteiger partial charge in [0.1, 0.15) is 0 Å². The van der Waals surface area contributed by atoms with E-state index in [9.17, 15) is 4.79 Å². The predicted octanol–water partition coefficient (Wildman–Crippen LogP) is 0.736. The Kier molecular flexibility index (Phi) is 2.19. The number of nitrogens with zero attached hydrogens (tertiary/aromatic N) is 1. The molecular formula is C11H13N3O. The van der Waals surface area contributed by atoms with Gasteiger partial charge >= 0.3 is 0 Å². The Labute approximate surface area is 88.2 Å². The number of guanidine groups is 1. The standard InChI is InChI=1S/C11H13N3O/c1-2-11(8-6-4-3-5-7-8)9(15)13-10(12)14-11/h3-7H,2H2,1H3,(H3,12,13,14,15). The third kappa shape index (κ3) is 1.38. The maximum atomic E-state index is 11.8. The second kappa shape index (κ2) is 3.38. The summed E-state index contributed by atoms with van der Waals surface area (Å²) in [6.07, 6.45) is 0.601. The first-order valence-corrected chi connectivity index (χ1v) is 4.91. The molecule has 15 heavy (non-hydrogen) atoms. The second-order valence-electron chi connectivity index (χ2n) is 3.53. The minimum atomic E-state index is -0.828. The van der Waals surface area contributed by atoms with Crippen LogP contribution in [0.1, 0.15) is 18.9 Å². The van der Waals surface area contributed by atoms with Gasteiger partial charge < -0.3 is 5.73 Å². The lowest BCUT2D eigenvalue weighted by Gasteiger charge is -2.21. The fourth-order valence-electron chi connectivity index (χ4n) is 1.86. The Bertz CT molecular complexity index is 413. The summed E-state index contributed by atoms with van der Waals surface area (Å²) in [6.45, 7) is 1.93. The molecule has 4 nitrogen and oxygen atoms in total. The van der Waals surface area contributed by atoms with E-state index < -0.39 is 5.54 Å². The van der Waals surface area contributed by atoms with Crippen molar-refractivity contribution >= 4 is 11.9 Å². The first-order chi connectivity index (χ1) is 7.19. The van der Waals surface area contributed by atoms with Crippen LogP contribution >= 0.6 is 0 Å². The monoisotopic (exact) mass is 203 g/mol. The van der Waals surface area contributed by atoms with Crippen molar-refractivity contribution in [2.24, 2.45) is 10.7 Å². The average Bonchev–Trinajstić information content (AvgIpc) is 2.56. The maximum absolute atomic E-state index is 11.8. The number of carbonyl (C=O) groups excluding carboxylic acids is 1. The van der Waals surface area contributed by atoms with Crippen LogP contribution in [0.2, 0.25) is 0 Å². The number of hydrogen-bond acceptors (Lipinski definition) is 3. The molecule has 0 aromatic heterocycles. The second-order valence-corrected chi connectivity index (χ2v) is 3.53. The van der Waals surface area contributed by atoms with Crippen molar-refractivity contribution in [1.82, 2.24) is 5.32 Å². The quantitative estimate of drug-likeness (QED) is 0.744. The van der Waals surface area contributed by atoms with Crippen LogP contribution in [0.5, 0.6) is 0 Å². The number of benzene rings is 1. The molecule has 1 unspecified atom stereocenters. The molecule has 2 rings (SSSR count). The molecule has 1 aliphatic rings. The summed E-state index contributed by atoms with van der Waals surface area (Å²) >= 11 is 0. The molecule has 78 valence electrons. The van der Waals surface area contributed by atoms with Crippen LogP contribution in [0.25, 0.3) is 0 Å². The molecule has 3 N–H and O–H groups in total. The number of amides is 1. The molecule has 0 bridgehead atoms. The lowest BCUT2D eigenvalue weighted by Crippen LogP contribution is -2.38. The van der Waals surface area contributed by atoms with Crippen molar-refractivity contribution in [3.8, 4) is 0 Å². The minimum Gasteiger partial charge on any atom is -0.370 e. The van der Waals surface area contributed by atoms with Crippen LogP contribution in [0.3, 0.4) is 0 Å². The number of carbonyl (C=O) groups is 1. The minimum absolute atomic E-state index is 0.145. The Balaban J connectivity index is 2.52. The van der Waals surface area contributed by atoms with E-state index in [1.807, 2.05) is 37.3 Å². The number of nitrogens with one attached hydrogen (secondary N) is 1. The number of rotatable bonds is 2. The van der Waals surface area contributed by atoms with E-state index in [0.717, 1.165) is 5.56 Å². The zero-order valence-electron chi connectivity index (χ0n) is 8.53. The summed E-state index contributed by atoms with van der Waals surface area (Å²) in [5, 5.41) is 2.55. The first-order valence-electron chi connectivity index (χ1n) is 4.91. The van der Waals surface area contributed by atoms with E-state index in [-0.39, 0.29) is 11.9 Å². The van der Waals surface area contributed by atoms with Crippen LogP contribution < -0.4 is 11.1 Å². The Morgan fingerprint density at radius 3 is 2.53 bits per heavy atom. The first kappa shape index (κ1) is 9.71. The van der Waals surface area contributed by atoms with Gasteiger partial charge in [0.25, 0.3) is 5.91 Å². The molecule has 4 heteroatoms. The number of nitrogens with two attached hydrogens (primary N) is 1. The molecule has 1 aliphatic heterocycles. The van der Waals surface area contributed by atoms with Crippen LogP contribution in [0.15, 0.2) is 35.3 Å². The molecule has 0 radical (unpaired) electrons. The highest BCUT2D eigenvalue weighted by Gasteiger charge is 2.42. The lowest BCUT2D eigenvalue weighted by atomic mass is 9.88. The molecule has 1 heterocycles. The molecule has 0 aliphatic carbocycles. The third-order valence-corrected chi connectivity index (χ3v) is 2.69. The Morgan fingerprint density at radius 1 is 1.40 bits per heavy atom. The van der Waals surface area contributed by atoms with Gasteiger partial charge in [-0.1, -0.05) is 37.3 Å². The van der Waals surface area contributed by atoms with Crippen molar-refractivity contribution < 1.29 is 4.79 Å². The van der Waals surface area contributed by atoms with Crippen molar-refractivity contribution in [2.45, 2.75) is 18.9 Å². The van der Waals surface area contributed by atoms with E-state index in [2.05, 4.69) is 10.3 Å². The topological polar surface area (TPSA) is 67.5 Å². The third-order valence-electron chi connectivity index (χ3n) is 2.69. The van der Waals surface area contributed by atoms with Gasteiger partial charge in [-0.3, -0.25) is 10.1 Å². The summed E-state index contributed by atoms with van der Waals surface area (Å²) in [5.74, 6) is 0.0550. The molecule has 1 aromatic carbocycles. The molecule has 0 spiro atoms. The highest BCUT2D eigenvalue weighted by Crippen LogP contribution is 2.32. The van der Waals surface area contributed by atoms with Gasteiger partial charge in [0.2, 0.25) is 0 Å². The normalized spacial score (nSPS) is 24.9. The van der Waals surface area contributed by atoms with Crippen molar-refractivity contribution in [3.63, 3.8) is 0 Å². The zero-order chi connectivity index (χ0) is 10.9. The van der Waals surface area contributed by atoms with Crippen LogP contribution in [0, 0.1) is 0 Å². The van der Waals surface area contributed by atoms with Crippen LogP contribution in [0.4, 0.5) is 0 Å². The predicted molar refractivity (Wildman–Crippen MR) is 58.2 cm³/mol. The molecular weight excluding hydrogens is 190 g/mol. The van der Waals surface area contributed by atoms with Gasteiger partial charge in [-0.25, -0.2) is 4.99 Å². The SMILES string of the molecule is CCC1(c2ccccc2)N=C(N)NC1=O. The highest BCUT2D eigenvalue weighted by atomic mass is 16.2. The maximum Gasteiger partial charge on any atom is 0.259 e. The molecule has 1 amide bonds. The van der Waals surface area contributed by atoms with Gasteiger partial charge in [-0.15, -0.1) is 0 Å². The highest BCUT2D eigenvalue weighted by molar-refractivity contribution is 6.07. The smallest absolute Gasteiger partial charge is 0.259 e. The Morgan fingerprint density at radius 2 is 2.07 bits per heavy atom. The van der Waals surface area contributed by atoms with Crippen LogP contribution in [-0.2, 0) is 10.3 Å². The molecule has 1 aromatic rings. The molecule has 0 saturated carbocycles. The summed E-state index contributed by atoms with van der Waals surface area (Å²) in [6, 6.07) is 9.48. The summed E-state index contributed by atoms with van der Waals surface area (Å²) in [5.41, 5.74) is 5.58. The van der Waals surface area contributed by atoms with Gasteiger partial charge in [0, 0.05) is 0 Å². The van der Waals surface area contributed by atoms with E-state index in [0.29, 0.717) is 6.42 Å². The summed E-state index contributed by atoms with van der Waals surface area (Å²) < 4.78 is 0. The zero-order valence-corrected chi connectivity index (χ0v) is 8.53. The van der Waals surface area contributed by atoms with E-state index in [1.165, 1.54) is 0 Å². The molecule has 0 saturated heterocycles. The molecule has 0 fully saturated rings. The van der Waals surface area contributed by atoms with Gasteiger partial charge in [-0.05, 0) is 12.0 Å². The van der Waals surface area contributed by atoms with Gasteiger partial charge in [-0.2, -0.15) is 0 Å². The summed E-state index contributed by atoms with van der Waals surface area (Å²) in [4.78, 5) is 16.1. The average molecular weight is 203 g/mol. The van der Waals surface area contributed by atoms with Gasteiger partial charge in [0.15, 0.2) is 11.5 Å². The van der Waals surface area contributed by atoms with E-state index in [1.54, 1.807) is 0 Å². The fourth-order valence-corrected chi connectivity index (χ4v) is 1.86. The number of hydrogen-bond donors (Lipinski definition) is 2. The fraction of sp³-hybridized carbons (Fsp3) is 0.273. The lowest BCUT2D eigenvalue weighted by molar-refractivity contribution is -0.124.